The predicted octanol–water partition coefficient (Wildman–Crippen LogP) is 2.61. The van der Waals surface area contributed by atoms with E-state index in [9.17, 15) is 4.79 Å². The van der Waals surface area contributed by atoms with Crippen LogP contribution in [0.15, 0.2) is 4.99 Å². The van der Waals surface area contributed by atoms with Gasteiger partial charge in [0.2, 0.25) is 5.91 Å². The van der Waals surface area contributed by atoms with Crippen molar-refractivity contribution in [2.45, 2.75) is 84.3 Å². The van der Waals surface area contributed by atoms with Gasteiger partial charge in [-0.05, 0) is 52.9 Å². The van der Waals surface area contributed by atoms with E-state index in [1.165, 1.54) is 38.5 Å². The smallest absolute Gasteiger partial charge is 0.234 e. The fourth-order valence-corrected chi connectivity index (χ4v) is 4.17. The maximum atomic E-state index is 12.0. The molecule has 1 amide bonds. The number of carbonyl (C=O) groups excluding carboxylic acids is 1. The van der Waals surface area contributed by atoms with Gasteiger partial charge in [-0.25, -0.2) is 0 Å². The lowest BCUT2D eigenvalue weighted by Crippen LogP contribution is -2.54. The molecule has 0 unspecified atom stereocenters. The SMILES string of the molecule is CCNC(=NCCCCCOC1CCCCC1)N1CCN(CC(=O)NC(C)C)CC1. The van der Waals surface area contributed by atoms with Crippen molar-refractivity contribution < 1.29 is 9.53 Å². The first-order chi connectivity index (χ1) is 14.6. The third-order valence-corrected chi connectivity index (χ3v) is 5.79. The molecule has 2 aliphatic rings. The second kappa shape index (κ2) is 14.6. The molecular weight excluding hydrogens is 378 g/mol. The summed E-state index contributed by atoms with van der Waals surface area (Å²) in [4.78, 5) is 21.4. The van der Waals surface area contributed by atoms with Crippen molar-refractivity contribution in [3.05, 3.63) is 0 Å². The molecule has 1 aliphatic heterocycles. The highest BCUT2D eigenvalue weighted by Crippen LogP contribution is 2.20. The minimum absolute atomic E-state index is 0.117. The molecule has 2 fully saturated rings. The summed E-state index contributed by atoms with van der Waals surface area (Å²) in [6.45, 7) is 12.9. The molecular formula is C23H45N5O2. The standard InChI is InChI=1S/C23H45N5O2/c1-4-24-23(25-13-9-6-10-18-30-21-11-7-5-8-12-21)28-16-14-27(15-17-28)19-22(29)26-20(2)3/h20-21H,4-19H2,1-3H3,(H,24,25)(H,26,29). The summed E-state index contributed by atoms with van der Waals surface area (Å²) in [6.07, 6.45) is 10.5. The third-order valence-electron chi connectivity index (χ3n) is 5.79. The number of nitrogens with one attached hydrogen (secondary N) is 2. The normalized spacial score (nSPS) is 19.3. The molecule has 0 aromatic carbocycles. The maximum absolute atomic E-state index is 12.0. The van der Waals surface area contributed by atoms with Gasteiger partial charge in [0.15, 0.2) is 5.96 Å². The lowest BCUT2D eigenvalue weighted by Gasteiger charge is -2.36. The van der Waals surface area contributed by atoms with Crippen LogP contribution in [0.1, 0.15) is 72.1 Å². The number of carbonyl (C=O) groups is 1. The van der Waals surface area contributed by atoms with Gasteiger partial charge in [0, 0.05) is 51.9 Å². The molecule has 1 aliphatic carbocycles. The van der Waals surface area contributed by atoms with Crippen LogP contribution in [-0.4, -0.2) is 86.2 Å². The highest BCUT2D eigenvalue weighted by atomic mass is 16.5. The van der Waals surface area contributed by atoms with Crippen molar-refractivity contribution >= 4 is 11.9 Å². The lowest BCUT2D eigenvalue weighted by atomic mass is 9.98. The molecule has 1 heterocycles. The van der Waals surface area contributed by atoms with Gasteiger partial charge in [-0.15, -0.1) is 0 Å². The zero-order valence-corrected chi connectivity index (χ0v) is 19.6. The third kappa shape index (κ3) is 10.1. The fourth-order valence-electron chi connectivity index (χ4n) is 4.17. The Balaban J connectivity index is 1.61. The zero-order chi connectivity index (χ0) is 21.6. The van der Waals surface area contributed by atoms with Gasteiger partial charge in [-0.3, -0.25) is 14.7 Å². The molecule has 174 valence electrons. The Labute approximate surface area is 184 Å². The number of nitrogens with zero attached hydrogens (tertiary/aromatic N) is 3. The van der Waals surface area contributed by atoms with Gasteiger partial charge in [-0.2, -0.15) is 0 Å². The van der Waals surface area contributed by atoms with Crippen molar-refractivity contribution in [2.24, 2.45) is 4.99 Å². The van der Waals surface area contributed by atoms with E-state index in [0.717, 1.165) is 64.7 Å². The van der Waals surface area contributed by atoms with Gasteiger partial charge in [0.1, 0.15) is 0 Å². The Hall–Kier alpha value is -1.34. The molecule has 0 atom stereocenters. The number of hydrogen-bond acceptors (Lipinski definition) is 4. The number of piperazine rings is 1. The molecule has 1 saturated heterocycles. The Bertz CT molecular complexity index is 498. The van der Waals surface area contributed by atoms with Crippen molar-refractivity contribution in [1.29, 1.82) is 0 Å². The van der Waals surface area contributed by atoms with Crippen LogP contribution in [0, 0.1) is 0 Å². The molecule has 7 heteroatoms. The fraction of sp³-hybridized carbons (Fsp3) is 0.913. The van der Waals surface area contributed by atoms with Crippen LogP contribution in [0.5, 0.6) is 0 Å². The van der Waals surface area contributed by atoms with E-state index in [0.29, 0.717) is 12.6 Å². The summed E-state index contributed by atoms with van der Waals surface area (Å²) in [5.41, 5.74) is 0. The van der Waals surface area contributed by atoms with E-state index >= 15 is 0 Å². The number of unbranched alkanes of at least 4 members (excludes halogenated alkanes) is 2. The van der Waals surface area contributed by atoms with Crippen LogP contribution in [-0.2, 0) is 9.53 Å². The molecule has 0 aromatic heterocycles. The monoisotopic (exact) mass is 423 g/mol. The molecule has 30 heavy (non-hydrogen) atoms. The van der Waals surface area contributed by atoms with Crippen LogP contribution in [0.4, 0.5) is 0 Å². The van der Waals surface area contributed by atoms with Gasteiger partial charge in [0.05, 0.1) is 12.6 Å². The summed E-state index contributed by atoms with van der Waals surface area (Å²) < 4.78 is 6.01. The summed E-state index contributed by atoms with van der Waals surface area (Å²) in [7, 11) is 0. The predicted molar refractivity (Wildman–Crippen MR) is 124 cm³/mol. The quantitative estimate of drug-likeness (QED) is 0.304. The van der Waals surface area contributed by atoms with Crippen molar-refractivity contribution in [3.63, 3.8) is 0 Å². The van der Waals surface area contributed by atoms with Crippen molar-refractivity contribution in [2.75, 3.05) is 52.4 Å². The Morgan fingerprint density at radius 1 is 1.07 bits per heavy atom. The van der Waals surface area contributed by atoms with Gasteiger partial charge in [0.25, 0.3) is 0 Å². The Kier molecular flexibility index (Phi) is 12.2. The van der Waals surface area contributed by atoms with Crippen molar-refractivity contribution in [1.82, 2.24) is 20.4 Å². The van der Waals surface area contributed by atoms with Gasteiger partial charge >= 0.3 is 0 Å². The highest BCUT2D eigenvalue weighted by Gasteiger charge is 2.21. The summed E-state index contributed by atoms with van der Waals surface area (Å²) in [5.74, 6) is 1.13. The molecule has 0 aromatic rings. The first-order valence-corrected chi connectivity index (χ1v) is 12.2. The van der Waals surface area contributed by atoms with Gasteiger partial charge < -0.3 is 20.3 Å². The first kappa shape index (κ1) is 24.9. The van der Waals surface area contributed by atoms with E-state index in [1.54, 1.807) is 0 Å². The Morgan fingerprint density at radius 3 is 2.47 bits per heavy atom. The number of aliphatic imine (C=N–C) groups is 1. The summed E-state index contributed by atoms with van der Waals surface area (Å²) >= 11 is 0. The number of rotatable bonds is 11. The minimum Gasteiger partial charge on any atom is -0.378 e. The van der Waals surface area contributed by atoms with Crippen LogP contribution < -0.4 is 10.6 Å². The molecule has 0 radical (unpaired) electrons. The highest BCUT2D eigenvalue weighted by molar-refractivity contribution is 5.80. The van der Waals surface area contributed by atoms with Crippen LogP contribution in [0.3, 0.4) is 0 Å². The molecule has 0 spiro atoms. The number of hydrogen-bond donors (Lipinski definition) is 2. The number of amides is 1. The zero-order valence-electron chi connectivity index (χ0n) is 19.6. The van der Waals surface area contributed by atoms with Crippen LogP contribution >= 0.6 is 0 Å². The second-order valence-electron chi connectivity index (χ2n) is 8.91. The van der Waals surface area contributed by atoms with E-state index in [-0.39, 0.29) is 11.9 Å². The molecule has 2 rings (SSSR count). The van der Waals surface area contributed by atoms with E-state index in [4.69, 9.17) is 9.73 Å². The number of guanidine groups is 1. The van der Waals surface area contributed by atoms with E-state index in [1.807, 2.05) is 13.8 Å². The largest absolute Gasteiger partial charge is 0.378 e. The Morgan fingerprint density at radius 2 is 1.80 bits per heavy atom. The average molecular weight is 424 g/mol. The number of ether oxygens (including phenoxy) is 1. The minimum atomic E-state index is 0.117. The molecule has 2 N–H and O–H groups in total. The molecule has 7 nitrogen and oxygen atoms in total. The van der Waals surface area contributed by atoms with Crippen LogP contribution in [0.25, 0.3) is 0 Å². The molecule has 0 bridgehead atoms. The van der Waals surface area contributed by atoms with Gasteiger partial charge in [-0.1, -0.05) is 19.3 Å². The van der Waals surface area contributed by atoms with Crippen LogP contribution in [0.2, 0.25) is 0 Å². The average Bonchev–Trinajstić information content (AvgIpc) is 2.73. The maximum Gasteiger partial charge on any atom is 0.234 e. The molecule has 1 saturated carbocycles. The van der Waals surface area contributed by atoms with E-state index < -0.39 is 0 Å². The first-order valence-electron chi connectivity index (χ1n) is 12.2. The summed E-state index contributed by atoms with van der Waals surface area (Å²) in [5, 5.41) is 6.40. The topological polar surface area (TPSA) is 69.2 Å². The second-order valence-corrected chi connectivity index (χ2v) is 8.91. The lowest BCUT2D eigenvalue weighted by molar-refractivity contribution is -0.123. The van der Waals surface area contributed by atoms with Crippen molar-refractivity contribution in [3.8, 4) is 0 Å². The van der Waals surface area contributed by atoms with E-state index in [2.05, 4.69) is 27.4 Å². The summed E-state index contributed by atoms with van der Waals surface area (Å²) in [6, 6.07) is 0.199.